The van der Waals surface area contributed by atoms with E-state index in [4.69, 9.17) is 0 Å². The highest BCUT2D eigenvalue weighted by molar-refractivity contribution is 7.99. The molecule has 140 valence electrons. The Balaban J connectivity index is 1.56. The molecular formula is C21H19N5OS. The first-order valence-corrected chi connectivity index (χ1v) is 9.83. The van der Waals surface area contributed by atoms with Gasteiger partial charge in [-0.15, -0.1) is 10.2 Å². The average Bonchev–Trinajstić information content (AvgIpc) is 3.38. The second-order valence-electron chi connectivity index (χ2n) is 6.20. The van der Waals surface area contributed by atoms with Crippen molar-refractivity contribution >= 4 is 23.4 Å². The summed E-state index contributed by atoms with van der Waals surface area (Å²) < 4.78 is 3.81. The first kappa shape index (κ1) is 18.1. The first-order valence-electron chi connectivity index (χ1n) is 8.85. The van der Waals surface area contributed by atoms with Crippen LogP contribution in [-0.2, 0) is 4.79 Å². The molecule has 0 bridgehead atoms. The largest absolute Gasteiger partial charge is 0.325 e. The van der Waals surface area contributed by atoms with E-state index in [2.05, 4.69) is 15.5 Å². The van der Waals surface area contributed by atoms with Crippen molar-refractivity contribution in [2.24, 2.45) is 0 Å². The Labute approximate surface area is 167 Å². The number of thioether (sulfide) groups is 1. The van der Waals surface area contributed by atoms with Crippen molar-refractivity contribution < 1.29 is 4.79 Å². The SMILES string of the molecule is Cc1ccccc1NC(=O)CSc1nnc(-c2ccccc2)n1-n1cccc1. The topological polar surface area (TPSA) is 64.7 Å². The first-order chi connectivity index (χ1) is 13.7. The Bertz CT molecular complexity index is 1070. The van der Waals surface area contributed by atoms with Crippen LogP contribution in [0.15, 0.2) is 84.3 Å². The van der Waals surface area contributed by atoms with Gasteiger partial charge in [0.25, 0.3) is 0 Å². The third-order valence-corrected chi connectivity index (χ3v) is 5.13. The van der Waals surface area contributed by atoms with Crippen molar-refractivity contribution in [2.75, 3.05) is 11.1 Å². The van der Waals surface area contributed by atoms with Gasteiger partial charge in [-0.2, -0.15) is 0 Å². The molecule has 4 aromatic rings. The third kappa shape index (κ3) is 3.84. The quantitative estimate of drug-likeness (QED) is 0.504. The van der Waals surface area contributed by atoms with Gasteiger partial charge in [0.1, 0.15) is 0 Å². The van der Waals surface area contributed by atoms with E-state index in [1.807, 2.05) is 95.4 Å². The summed E-state index contributed by atoms with van der Waals surface area (Å²) in [6, 6.07) is 21.5. The van der Waals surface area contributed by atoms with Gasteiger partial charge in [0, 0.05) is 23.6 Å². The Morgan fingerprint density at radius 1 is 0.964 bits per heavy atom. The van der Waals surface area contributed by atoms with E-state index in [9.17, 15) is 4.79 Å². The Hall–Kier alpha value is -3.32. The number of nitrogens with one attached hydrogen (secondary N) is 1. The number of carbonyl (C=O) groups excluding carboxylic acids is 1. The molecule has 0 aliphatic heterocycles. The van der Waals surface area contributed by atoms with Crippen molar-refractivity contribution in [2.45, 2.75) is 12.1 Å². The number of rotatable bonds is 6. The van der Waals surface area contributed by atoms with Crippen LogP contribution in [0.5, 0.6) is 0 Å². The zero-order valence-electron chi connectivity index (χ0n) is 15.3. The van der Waals surface area contributed by atoms with Gasteiger partial charge in [0.05, 0.1) is 5.75 Å². The summed E-state index contributed by atoms with van der Waals surface area (Å²) >= 11 is 1.35. The van der Waals surface area contributed by atoms with E-state index in [-0.39, 0.29) is 11.7 Å². The number of aryl methyl sites for hydroxylation is 1. The second-order valence-corrected chi connectivity index (χ2v) is 7.14. The van der Waals surface area contributed by atoms with Crippen molar-refractivity contribution in [3.63, 3.8) is 0 Å². The van der Waals surface area contributed by atoms with Crippen LogP contribution in [0.3, 0.4) is 0 Å². The molecule has 28 heavy (non-hydrogen) atoms. The number of nitrogens with zero attached hydrogens (tertiary/aromatic N) is 4. The minimum atomic E-state index is -0.0809. The molecule has 0 radical (unpaired) electrons. The van der Waals surface area contributed by atoms with Gasteiger partial charge in [-0.05, 0) is 30.7 Å². The third-order valence-electron chi connectivity index (χ3n) is 4.22. The van der Waals surface area contributed by atoms with E-state index in [0.717, 1.165) is 22.6 Å². The van der Waals surface area contributed by atoms with E-state index in [0.29, 0.717) is 5.16 Å². The Kier molecular flexibility index (Phi) is 5.25. The lowest BCUT2D eigenvalue weighted by atomic mass is 10.2. The molecule has 0 aliphatic rings. The summed E-state index contributed by atoms with van der Waals surface area (Å²) in [5, 5.41) is 12.3. The number of para-hydroxylation sites is 1. The molecule has 0 saturated carbocycles. The summed E-state index contributed by atoms with van der Waals surface area (Å²) in [6.07, 6.45) is 3.85. The van der Waals surface area contributed by atoms with E-state index >= 15 is 0 Å². The summed E-state index contributed by atoms with van der Waals surface area (Å²) in [5.41, 5.74) is 2.81. The summed E-state index contributed by atoms with van der Waals surface area (Å²) in [6.45, 7) is 1.97. The zero-order chi connectivity index (χ0) is 19.3. The number of anilines is 1. The lowest BCUT2D eigenvalue weighted by molar-refractivity contribution is -0.113. The molecule has 1 amide bonds. The molecule has 6 nitrogen and oxygen atoms in total. The van der Waals surface area contributed by atoms with Crippen molar-refractivity contribution in [3.8, 4) is 11.4 Å². The van der Waals surface area contributed by atoms with Crippen molar-refractivity contribution in [1.82, 2.24) is 19.5 Å². The molecule has 1 N–H and O–H groups in total. The summed E-state index contributed by atoms with van der Waals surface area (Å²) in [4.78, 5) is 12.4. The normalized spacial score (nSPS) is 10.8. The highest BCUT2D eigenvalue weighted by atomic mass is 32.2. The van der Waals surface area contributed by atoms with Crippen LogP contribution in [0.4, 0.5) is 5.69 Å². The maximum atomic E-state index is 12.4. The van der Waals surface area contributed by atoms with E-state index in [1.54, 1.807) is 0 Å². The lowest BCUT2D eigenvalue weighted by Gasteiger charge is -2.11. The number of hydrogen-bond donors (Lipinski definition) is 1. The highest BCUT2D eigenvalue weighted by Crippen LogP contribution is 2.24. The van der Waals surface area contributed by atoms with E-state index in [1.165, 1.54) is 11.8 Å². The number of hydrogen-bond acceptors (Lipinski definition) is 4. The molecule has 0 atom stereocenters. The molecule has 2 aromatic heterocycles. The van der Waals surface area contributed by atoms with Crippen LogP contribution >= 0.6 is 11.8 Å². The smallest absolute Gasteiger partial charge is 0.234 e. The fourth-order valence-electron chi connectivity index (χ4n) is 2.82. The maximum absolute atomic E-state index is 12.4. The average molecular weight is 389 g/mol. The molecular weight excluding hydrogens is 370 g/mol. The van der Waals surface area contributed by atoms with Crippen LogP contribution in [0, 0.1) is 6.92 Å². The maximum Gasteiger partial charge on any atom is 0.234 e. The van der Waals surface area contributed by atoms with Crippen molar-refractivity contribution in [3.05, 3.63) is 84.7 Å². The summed E-state index contributed by atoms with van der Waals surface area (Å²) in [5.74, 6) is 0.879. The standard InChI is InChI=1S/C21H19N5OS/c1-16-9-5-6-12-18(16)22-19(27)15-28-21-24-23-20(17-10-3-2-4-11-17)26(21)25-13-7-8-14-25/h2-14H,15H2,1H3,(H,22,27). The lowest BCUT2D eigenvalue weighted by Crippen LogP contribution is -2.16. The number of amides is 1. The van der Waals surface area contributed by atoms with Gasteiger partial charge in [-0.25, -0.2) is 4.68 Å². The molecule has 0 unspecified atom stereocenters. The van der Waals surface area contributed by atoms with Gasteiger partial charge in [0.15, 0.2) is 5.82 Å². The number of benzene rings is 2. The number of aromatic nitrogens is 4. The molecule has 2 heterocycles. The monoisotopic (exact) mass is 389 g/mol. The Morgan fingerprint density at radius 2 is 1.68 bits per heavy atom. The van der Waals surface area contributed by atoms with Gasteiger partial charge in [-0.3, -0.25) is 9.47 Å². The van der Waals surface area contributed by atoms with Crippen LogP contribution in [-0.4, -0.2) is 31.2 Å². The molecule has 7 heteroatoms. The summed E-state index contributed by atoms with van der Waals surface area (Å²) in [7, 11) is 0. The predicted octanol–water partition coefficient (Wildman–Crippen LogP) is 4.10. The van der Waals surface area contributed by atoms with Gasteiger partial charge >= 0.3 is 0 Å². The molecule has 0 spiro atoms. The highest BCUT2D eigenvalue weighted by Gasteiger charge is 2.17. The van der Waals surface area contributed by atoms with Crippen LogP contribution in [0.25, 0.3) is 11.4 Å². The fraction of sp³-hybridized carbons (Fsp3) is 0.0952. The fourth-order valence-corrected chi connectivity index (χ4v) is 3.55. The van der Waals surface area contributed by atoms with Gasteiger partial charge in [-0.1, -0.05) is 60.3 Å². The van der Waals surface area contributed by atoms with Gasteiger partial charge < -0.3 is 5.32 Å². The predicted molar refractivity (Wildman–Crippen MR) is 111 cm³/mol. The molecule has 4 rings (SSSR count). The minimum absolute atomic E-state index is 0.0809. The molecule has 0 fully saturated rings. The van der Waals surface area contributed by atoms with Crippen molar-refractivity contribution in [1.29, 1.82) is 0 Å². The zero-order valence-corrected chi connectivity index (χ0v) is 16.1. The van der Waals surface area contributed by atoms with Gasteiger partial charge in [0.2, 0.25) is 11.1 Å². The molecule has 0 saturated heterocycles. The van der Waals surface area contributed by atoms with Crippen LogP contribution < -0.4 is 5.32 Å². The second kappa shape index (κ2) is 8.14. The number of carbonyl (C=O) groups is 1. The van der Waals surface area contributed by atoms with E-state index < -0.39 is 0 Å². The molecule has 0 aliphatic carbocycles. The molecule has 2 aromatic carbocycles. The minimum Gasteiger partial charge on any atom is -0.325 e. The van der Waals surface area contributed by atoms with Crippen LogP contribution in [0.1, 0.15) is 5.56 Å². The van der Waals surface area contributed by atoms with Crippen LogP contribution in [0.2, 0.25) is 0 Å². The Morgan fingerprint density at radius 3 is 2.43 bits per heavy atom.